The lowest BCUT2D eigenvalue weighted by Crippen LogP contribution is -2.07. The van der Waals surface area contributed by atoms with Crippen molar-refractivity contribution in [3.8, 4) is 5.75 Å². The van der Waals surface area contributed by atoms with Gasteiger partial charge in [0.25, 0.3) is 0 Å². The molecule has 0 spiro atoms. The number of hydrogen-bond acceptors (Lipinski definition) is 2. The van der Waals surface area contributed by atoms with Crippen LogP contribution in [0.1, 0.15) is 5.56 Å². The molecule has 2 aromatic carbocycles. The number of rotatable bonds is 4. The van der Waals surface area contributed by atoms with Crippen LogP contribution in [0.2, 0.25) is 10.0 Å². The van der Waals surface area contributed by atoms with Crippen molar-refractivity contribution < 1.29 is 9.53 Å². The summed E-state index contributed by atoms with van der Waals surface area (Å²) in [6, 6.07) is 10.5. The van der Waals surface area contributed by atoms with Crippen molar-refractivity contribution in [1.29, 1.82) is 0 Å². The standard InChI is InChI=1S/C16H12BrCl2NO2/c1-22-16-10(8-12(18)9-14(16)19)2-7-15(21)20-13-5-3-11(17)4-6-13/h2-9H,1H3,(H,20,21). The smallest absolute Gasteiger partial charge is 0.248 e. The summed E-state index contributed by atoms with van der Waals surface area (Å²) in [5, 5.41) is 3.62. The summed E-state index contributed by atoms with van der Waals surface area (Å²) in [6.45, 7) is 0. The van der Waals surface area contributed by atoms with Crippen molar-refractivity contribution in [3.05, 3.63) is 62.6 Å². The molecule has 22 heavy (non-hydrogen) atoms. The highest BCUT2D eigenvalue weighted by Gasteiger charge is 2.08. The number of ether oxygens (including phenoxy) is 1. The van der Waals surface area contributed by atoms with E-state index in [0.29, 0.717) is 27.0 Å². The lowest BCUT2D eigenvalue weighted by molar-refractivity contribution is -0.111. The fraction of sp³-hybridized carbons (Fsp3) is 0.0625. The zero-order valence-electron chi connectivity index (χ0n) is 11.6. The molecule has 0 aliphatic carbocycles. The first-order valence-electron chi connectivity index (χ1n) is 6.27. The molecule has 0 fully saturated rings. The molecule has 0 saturated heterocycles. The van der Waals surface area contributed by atoms with Gasteiger partial charge in [0.05, 0.1) is 12.1 Å². The van der Waals surface area contributed by atoms with Gasteiger partial charge in [-0.15, -0.1) is 0 Å². The highest BCUT2D eigenvalue weighted by atomic mass is 79.9. The van der Waals surface area contributed by atoms with Crippen LogP contribution < -0.4 is 10.1 Å². The first-order chi connectivity index (χ1) is 10.5. The number of carbonyl (C=O) groups excluding carboxylic acids is 1. The van der Waals surface area contributed by atoms with E-state index in [-0.39, 0.29) is 5.91 Å². The third-order valence-electron chi connectivity index (χ3n) is 2.77. The molecular weight excluding hydrogens is 389 g/mol. The predicted molar refractivity (Wildman–Crippen MR) is 94.8 cm³/mol. The average molecular weight is 401 g/mol. The van der Waals surface area contributed by atoms with E-state index in [2.05, 4.69) is 21.2 Å². The number of carbonyl (C=O) groups is 1. The fourth-order valence-electron chi connectivity index (χ4n) is 1.80. The Hall–Kier alpha value is -1.49. The number of benzene rings is 2. The number of amides is 1. The average Bonchev–Trinajstić information content (AvgIpc) is 2.47. The number of hydrogen-bond donors (Lipinski definition) is 1. The van der Waals surface area contributed by atoms with E-state index < -0.39 is 0 Å². The van der Waals surface area contributed by atoms with Gasteiger partial charge in [0, 0.05) is 26.8 Å². The second-order valence-corrected chi connectivity index (χ2v) is 6.10. The molecule has 0 bridgehead atoms. The van der Waals surface area contributed by atoms with Gasteiger partial charge in [-0.05, 0) is 42.5 Å². The first-order valence-corrected chi connectivity index (χ1v) is 7.82. The molecule has 0 unspecified atom stereocenters. The summed E-state index contributed by atoms with van der Waals surface area (Å²) in [7, 11) is 1.51. The Morgan fingerprint density at radius 3 is 2.55 bits per heavy atom. The third kappa shape index (κ3) is 4.50. The van der Waals surface area contributed by atoms with Gasteiger partial charge in [0.2, 0.25) is 5.91 Å². The maximum Gasteiger partial charge on any atom is 0.248 e. The van der Waals surface area contributed by atoms with Crippen molar-refractivity contribution in [2.45, 2.75) is 0 Å². The van der Waals surface area contributed by atoms with Crippen LogP contribution in [-0.4, -0.2) is 13.0 Å². The van der Waals surface area contributed by atoms with E-state index in [1.165, 1.54) is 13.2 Å². The van der Waals surface area contributed by atoms with Crippen LogP contribution in [-0.2, 0) is 4.79 Å². The maximum absolute atomic E-state index is 11.9. The number of anilines is 1. The molecule has 0 saturated carbocycles. The first kappa shape index (κ1) is 16.9. The van der Waals surface area contributed by atoms with Crippen LogP contribution in [0.3, 0.4) is 0 Å². The minimum Gasteiger partial charge on any atom is -0.495 e. The number of halogens is 3. The van der Waals surface area contributed by atoms with Gasteiger partial charge in [-0.25, -0.2) is 0 Å². The van der Waals surface area contributed by atoms with E-state index in [0.717, 1.165) is 4.47 Å². The van der Waals surface area contributed by atoms with Gasteiger partial charge >= 0.3 is 0 Å². The zero-order chi connectivity index (χ0) is 16.1. The van der Waals surface area contributed by atoms with E-state index in [1.54, 1.807) is 30.3 Å². The molecule has 2 rings (SSSR count). The van der Waals surface area contributed by atoms with Crippen LogP contribution in [0.5, 0.6) is 5.75 Å². The van der Waals surface area contributed by atoms with Crippen LogP contribution in [0.15, 0.2) is 46.9 Å². The topological polar surface area (TPSA) is 38.3 Å². The summed E-state index contributed by atoms with van der Waals surface area (Å²) in [5.41, 5.74) is 1.33. The van der Waals surface area contributed by atoms with Gasteiger partial charge in [0.1, 0.15) is 5.75 Å². The Morgan fingerprint density at radius 1 is 1.23 bits per heavy atom. The summed E-state index contributed by atoms with van der Waals surface area (Å²) < 4.78 is 6.16. The molecule has 1 N–H and O–H groups in total. The molecule has 6 heteroatoms. The highest BCUT2D eigenvalue weighted by molar-refractivity contribution is 9.10. The Bertz CT molecular complexity index is 715. The SMILES string of the molecule is COc1c(Cl)cc(Cl)cc1C=CC(=O)Nc1ccc(Br)cc1. The van der Waals surface area contributed by atoms with Crippen molar-refractivity contribution in [1.82, 2.24) is 0 Å². The monoisotopic (exact) mass is 399 g/mol. The molecule has 0 atom stereocenters. The lowest BCUT2D eigenvalue weighted by atomic mass is 10.2. The molecule has 3 nitrogen and oxygen atoms in total. The second kappa shape index (κ2) is 7.68. The van der Waals surface area contributed by atoms with Gasteiger partial charge in [-0.1, -0.05) is 39.1 Å². The molecule has 2 aromatic rings. The van der Waals surface area contributed by atoms with Crippen molar-refractivity contribution >= 4 is 56.8 Å². The Labute approximate surface area is 147 Å². The van der Waals surface area contributed by atoms with Crippen molar-refractivity contribution in [2.75, 3.05) is 12.4 Å². The minimum atomic E-state index is -0.263. The lowest BCUT2D eigenvalue weighted by Gasteiger charge is -2.08. The fourth-order valence-corrected chi connectivity index (χ4v) is 2.65. The summed E-state index contributed by atoms with van der Waals surface area (Å²) >= 11 is 15.3. The Balaban J connectivity index is 2.14. The van der Waals surface area contributed by atoms with E-state index in [9.17, 15) is 4.79 Å². The predicted octanol–water partition coefficient (Wildman–Crippen LogP) is 5.42. The van der Waals surface area contributed by atoms with Crippen LogP contribution in [0.4, 0.5) is 5.69 Å². The molecule has 0 heterocycles. The molecular formula is C16H12BrCl2NO2. The quantitative estimate of drug-likeness (QED) is 0.696. The molecule has 114 valence electrons. The van der Waals surface area contributed by atoms with Gasteiger partial charge in [-0.3, -0.25) is 4.79 Å². The number of nitrogens with one attached hydrogen (secondary N) is 1. The molecule has 0 aliphatic rings. The summed E-state index contributed by atoms with van der Waals surface area (Å²) in [5.74, 6) is 0.208. The molecule has 1 amide bonds. The summed E-state index contributed by atoms with van der Waals surface area (Å²) in [4.78, 5) is 11.9. The maximum atomic E-state index is 11.9. The third-order valence-corrected chi connectivity index (χ3v) is 3.79. The van der Waals surface area contributed by atoms with Gasteiger partial charge < -0.3 is 10.1 Å². The van der Waals surface area contributed by atoms with E-state index in [4.69, 9.17) is 27.9 Å². The Kier molecular flexibility index (Phi) is 5.89. The highest BCUT2D eigenvalue weighted by Crippen LogP contribution is 2.32. The largest absolute Gasteiger partial charge is 0.495 e. The molecule has 0 aliphatic heterocycles. The van der Waals surface area contributed by atoms with Gasteiger partial charge in [-0.2, -0.15) is 0 Å². The van der Waals surface area contributed by atoms with Crippen LogP contribution >= 0.6 is 39.1 Å². The summed E-state index contributed by atoms with van der Waals surface area (Å²) in [6.07, 6.45) is 3.00. The Morgan fingerprint density at radius 2 is 1.91 bits per heavy atom. The van der Waals surface area contributed by atoms with Crippen LogP contribution in [0.25, 0.3) is 6.08 Å². The molecule has 0 radical (unpaired) electrons. The van der Waals surface area contributed by atoms with Gasteiger partial charge in [0.15, 0.2) is 0 Å². The van der Waals surface area contributed by atoms with E-state index in [1.807, 2.05) is 12.1 Å². The number of methoxy groups -OCH3 is 1. The van der Waals surface area contributed by atoms with Crippen molar-refractivity contribution in [2.24, 2.45) is 0 Å². The minimum absolute atomic E-state index is 0.263. The van der Waals surface area contributed by atoms with Crippen molar-refractivity contribution in [3.63, 3.8) is 0 Å². The molecule has 0 aromatic heterocycles. The normalized spacial score (nSPS) is 10.7. The van der Waals surface area contributed by atoms with E-state index >= 15 is 0 Å². The van der Waals surface area contributed by atoms with Crippen LogP contribution in [0, 0.1) is 0 Å². The zero-order valence-corrected chi connectivity index (χ0v) is 14.7. The second-order valence-electron chi connectivity index (χ2n) is 4.34.